The molecule has 1 amide bonds. The predicted molar refractivity (Wildman–Crippen MR) is 115 cm³/mol. The van der Waals surface area contributed by atoms with Gasteiger partial charge in [-0.05, 0) is 77.1 Å². The Labute approximate surface area is 175 Å². The van der Waals surface area contributed by atoms with Crippen LogP contribution in [0.25, 0.3) is 0 Å². The van der Waals surface area contributed by atoms with Crippen molar-refractivity contribution in [2.45, 2.75) is 13.3 Å². The molecular formula is C17H15Cl2IN2O2S. The minimum atomic E-state index is -0.410. The lowest BCUT2D eigenvalue weighted by atomic mass is 10.1. The summed E-state index contributed by atoms with van der Waals surface area (Å²) in [5.74, 6) is -0.0837. The maximum Gasteiger partial charge on any atom is 0.257 e. The number of ether oxygens (including phenoxy) is 1. The summed E-state index contributed by atoms with van der Waals surface area (Å²) in [6, 6.07) is 8.92. The molecule has 2 aromatic rings. The van der Waals surface area contributed by atoms with Crippen LogP contribution in [-0.2, 0) is 6.42 Å². The maximum absolute atomic E-state index is 12.4. The van der Waals surface area contributed by atoms with Crippen molar-refractivity contribution in [3.63, 3.8) is 0 Å². The van der Waals surface area contributed by atoms with Crippen LogP contribution in [0, 0.1) is 3.57 Å². The number of amides is 1. The van der Waals surface area contributed by atoms with Crippen molar-refractivity contribution >= 4 is 74.7 Å². The third kappa shape index (κ3) is 5.20. The lowest BCUT2D eigenvalue weighted by Gasteiger charge is -2.14. The van der Waals surface area contributed by atoms with E-state index in [-0.39, 0.29) is 15.2 Å². The van der Waals surface area contributed by atoms with Gasteiger partial charge in [-0.3, -0.25) is 10.1 Å². The molecule has 0 saturated heterocycles. The van der Waals surface area contributed by atoms with Crippen LogP contribution in [0.15, 0.2) is 30.3 Å². The smallest absolute Gasteiger partial charge is 0.257 e. The average Bonchev–Trinajstić information content (AvgIpc) is 2.56. The van der Waals surface area contributed by atoms with Gasteiger partial charge in [-0.1, -0.05) is 30.1 Å². The Morgan fingerprint density at radius 2 is 1.88 bits per heavy atom. The molecule has 0 bridgehead atoms. The zero-order valence-corrected chi connectivity index (χ0v) is 17.9. The molecule has 2 rings (SSSR count). The van der Waals surface area contributed by atoms with E-state index in [9.17, 15) is 4.79 Å². The Bertz CT molecular complexity index is 807. The lowest BCUT2D eigenvalue weighted by molar-refractivity contribution is 0.0977. The molecule has 8 heteroatoms. The average molecular weight is 509 g/mol. The first-order valence-electron chi connectivity index (χ1n) is 7.29. The minimum Gasteiger partial charge on any atom is -0.494 e. The molecule has 25 heavy (non-hydrogen) atoms. The third-order valence-corrected chi connectivity index (χ3v) is 4.82. The number of aryl methyl sites for hydroxylation is 1. The zero-order chi connectivity index (χ0) is 18.6. The van der Waals surface area contributed by atoms with Crippen molar-refractivity contribution in [1.82, 2.24) is 5.32 Å². The number of halogens is 3. The number of rotatable bonds is 4. The van der Waals surface area contributed by atoms with Crippen LogP contribution in [0.1, 0.15) is 22.8 Å². The highest BCUT2D eigenvalue weighted by molar-refractivity contribution is 14.1. The standard InChI is InChI=1S/C17H15Cl2IN2O2S/c1-3-9-6-11(20)4-5-14(9)21-17(25)22-16(23)10-7-12(18)15(24-2)13(19)8-10/h4-8H,3H2,1-2H3,(H2,21,22,23,25). The van der Waals surface area contributed by atoms with Crippen LogP contribution < -0.4 is 15.4 Å². The van der Waals surface area contributed by atoms with Crippen LogP contribution in [0.2, 0.25) is 10.0 Å². The van der Waals surface area contributed by atoms with Crippen LogP contribution in [-0.4, -0.2) is 18.1 Å². The molecule has 0 atom stereocenters. The van der Waals surface area contributed by atoms with Crippen LogP contribution in [0.3, 0.4) is 0 Å². The van der Waals surface area contributed by atoms with Crippen molar-refractivity contribution in [3.8, 4) is 5.75 Å². The Hall–Kier alpha value is -1.09. The second-order valence-electron chi connectivity index (χ2n) is 5.04. The number of hydrogen-bond donors (Lipinski definition) is 2. The van der Waals surface area contributed by atoms with Crippen LogP contribution in [0.5, 0.6) is 5.75 Å². The fraction of sp³-hybridized carbons (Fsp3) is 0.176. The minimum absolute atomic E-state index is 0.198. The van der Waals surface area contributed by atoms with Gasteiger partial charge in [0.1, 0.15) is 0 Å². The molecule has 0 fully saturated rings. The second-order valence-corrected chi connectivity index (χ2v) is 7.50. The number of carbonyl (C=O) groups is 1. The summed E-state index contributed by atoms with van der Waals surface area (Å²) in [6.45, 7) is 2.06. The monoisotopic (exact) mass is 508 g/mol. The fourth-order valence-electron chi connectivity index (χ4n) is 2.19. The van der Waals surface area contributed by atoms with Gasteiger partial charge in [0.05, 0.1) is 17.2 Å². The van der Waals surface area contributed by atoms with E-state index in [1.165, 1.54) is 19.2 Å². The van der Waals surface area contributed by atoms with Crippen LogP contribution in [0.4, 0.5) is 5.69 Å². The van der Waals surface area contributed by atoms with E-state index in [1.807, 2.05) is 12.1 Å². The summed E-state index contributed by atoms with van der Waals surface area (Å²) in [6.07, 6.45) is 0.847. The van der Waals surface area contributed by atoms with E-state index >= 15 is 0 Å². The Morgan fingerprint density at radius 3 is 2.44 bits per heavy atom. The molecule has 0 saturated carbocycles. The van der Waals surface area contributed by atoms with Crippen molar-refractivity contribution < 1.29 is 9.53 Å². The van der Waals surface area contributed by atoms with E-state index in [2.05, 4.69) is 46.2 Å². The molecule has 0 radical (unpaired) electrons. The molecule has 0 unspecified atom stereocenters. The summed E-state index contributed by atoms with van der Waals surface area (Å²) >= 11 is 19.6. The fourth-order valence-corrected chi connectivity index (χ4v) is 3.59. The Morgan fingerprint density at radius 1 is 1.24 bits per heavy atom. The van der Waals surface area contributed by atoms with Gasteiger partial charge >= 0.3 is 0 Å². The van der Waals surface area contributed by atoms with Gasteiger partial charge in [-0.2, -0.15) is 0 Å². The highest BCUT2D eigenvalue weighted by atomic mass is 127. The molecule has 132 valence electrons. The van der Waals surface area contributed by atoms with Gasteiger partial charge in [-0.25, -0.2) is 0 Å². The van der Waals surface area contributed by atoms with E-state index in [0.29, 0.717) is 11.3 Å². The van der Waals surface area contributed by atoms with E-state index in [1.54, 1.807) is 0 Å². The van der Waals surface area contributed by atoms with Crippen molar-refractivity contribution in [1.29, 1.82) is 0 Å². The molecule has 0 aliphatic heterocycles. The number of nitrogens with one attached hydrogen (secondary N) is 2. The summed E-state index contributed by atoms with van der Waals surface area (Å²) in [5.41, 5.74) is 2.26. The number of carbonyl (C=O) groups excluding carboxylic acids is 1. The van der Waals surface area contributed by atoms with E-state index in [0.717, 1.165) is 21.2 Å². The normalized spacial score (nSPS) is 10.3. The third-order valence-electron chi connectivity index (χ3n) is 3.39. The quantitative estimate of drug-likeness (QED) is 0.435. The van der Waals surface area contributed by atoms with Gasteiger partial charge < -0.3 is 10.1 Å². The maximum atomic E-state index is 12.4. The summed E-state index contributed by atoms with van der Waals surface area (Å²) in [7, 11) is 1.46. The number of benzene rings is 2. The number of anilines is 1. The molecule has 0 aromatic heterocycles. The first-order valence-corrected chi connectivity index (χ1v) is 9.53. The number of thiocarbonyl (C=S) groups is 1. The van der Waals surface area contributed by atoms with Crippen LogP contribution >= 0.6 is 58.0 Å². The highest BCUT2D eigenvalue weighted by Crippen LogP contribution is 2.33. The molecule has 0 aliphatic rings. The molecule has 0 spiro atoms. The zero-order valence-electron chi connectivity index (χ0n) is 13.5. The van der Waals surface area contributed by atoms with Crippen molar-refractivity contribution in [2.75, 3.05) is 12.4 Å². The largest absolute Gasteiger partial charge is 0.494 e. The van der Waals surface area contributed by atoms with Crippen molar-refractivity contribution in [2.24, 2.45) is 0 Å². The molecule has 2 aromatic carbocycles. The first-order chi connectivity index (χ1) is 11.8. The summed E-state index contributed by atoms with van der Waals surface area (Å²) < 4.78 is 6.21. The summed E-state index contributed by atoms with van der Waals surface area (Å²) in [5, 5.41) is 6.38. The van der Waals surface area contributed by atoms with Gasteiger partial charge in [-0.15, -0.1) is 0 Å². The predicted octanol–water partition coefficient (Wildman–Crippen LogP) is 5.30. The van der Waals surface area contributed by atoms with Gasteiger partial charge in [0.25, 0.3) is 5.91 Å². The van der Waals surface area contributed by atoms with Gasteiger partial charge in [0, 0.05) is 14.8 Å². The number of hydrogen-bond acceptors (Lipinski definition) is 3. The molecule has 0 heterocycles. The lowest BCUT2D eigenvalue weighted by Crippen LogP contribution is -2.34. The SMILES string of the molecule is CCc1cc(I)ccc1NC(=S)NC(=O)c1cc(Cl)c(OC)c(Cl)c1. The molecule has 4 nitrogen and oxygen atoms in total. The molecule has 2 N–H and O–H groups in total. The van der Waals surface area contributed by atoms with Gasteiger partial charge in [0.15, 0.2) is 10.9 Å². The summed E-state index contributed by atoms with van der Waals surface area (Å²) in [4.78, 5) is 12.4. The Balaban J connectivity index is 2.12. The highest BCUT2D eigenvalue weighted by Gasteiger charge is 2.15. The Kier molecular flexibility index (Phi) is 7.30. The molecule has 0 aliphatic carbocycles. The van der Waals surface area contributed by atoms with Crippen molar-refractivity contribution in [3.05, 3.63) is 55.1 Å². The first kappa shape index (κ1) is 20.2. The van der Waals surface area contributed by atoms with E-state index < -0.39 is 5.91 Å². The topological polar surface area (TPSA) is 50.4 Å². The van der Waals surface area contributed by atoms with E-state index in [4.69, 9.17) is 40.2 Å². The number of methoxy groups -OCH3 is 1. The van der Waals surface area contributed by atoms with Gasteiger partial charge in [0.2, 0.25) is 0 Å². The molecular weight excluding hydrogens is 494 g/mol. The second kappa shape index (κ2) is 9.02.